The van der Waals surface area contributed by atoms with E-state index in [2.05, 4.69) is 11.4 Å². The third-order valence-corrected chi connectivity index (χ3v) is 3.85. The number of methoxy groups -OCH3 is 1. The van der Waals surface area contributed by atoms with Gasteiger partial charge in [0.25, 0.3) is 0 Å². The van der Waals surface area contributed by atoms with Gasteiger partial charge in [-0.05, 0) is 23.8 Å². The van der Waals surface area contributed by atoms with E-state index in [1.807, 2.05) is 42.5 Å². The minimum Gasteiger partial charge on any atom is -0.495 e. The Morgan fingerprint density at radius 2 is 1.90 bits per heavy atom. The first-order chi connectivity index (χ1) is 10.2. The molecule has 1 unspecified atom stereocenters. The Morgan fingerprint density at radius 1 is 1.19 bits per heavy atom. The zero-order valence-corrected chi connectivity index (χ0v) is 12.2. The molecule has 4 heteroatoms. The summed E-state index contributed by atoms with van der Waals surface area (Å²) in [5.74, 6) is 0.736. The first-order valence-corrected chi connectivity index (χ1v) is 6.95. The molecular formula is C17H18N2O2. The summed E-state index contributed by atoms with van der Waals surface area (Å²) in [6.07, 6.45) is 0.717. The summed E-state index contributed by atoms with van der Waals surface area (Å²) in [5, 5.41) is 3.29. The molecule has 21 heavy (non-hydrogen) atoms. The lowest BCUT2D eigenvalue weighted by atomic mass is 10.1. The highest BCUT2D eigenvalue weighted by atomic mass is 16.5. The molecular weight excluding hydrogens is 264 g/mol. The van der Waals surface area contributed by atoms with Gasteiger partial charge < -0.3 is 15.0 Å². The van der Waals surface area contributed by atoms with Crippen molar-refractivity contribution >= 4 is 17.3 Å². The number of ether oxygens (including phenoxy) is 1. The highest BCUT2D eigenvalue weighted by molar-refractivity contribution is 6.00. The van der Waals surface area contributed by atoms with Crippen molar-refractivity contribution in [3.8, 4) is 5.75 Å². The molecule has 2 aromatic rings. The van der Waals surface area contributed by atoms with Crippen molar-refractivity contribution in [2.45, 2.75) is 12.5 Å². The van der Waals surface area contributed by atoms with Crippen LogP contribution in [0.3, 0.4) is 0 Å². The number of rotatable bonds is 3. The topological polar surface area (TPSA) is 41.6 Å². The maximum absolute atomic E-state index is 12.7. The number of para-hydroxylation sites is 3. The molecule has 0 bridgehead atoms. The molecule has 1 atom stereocenters. The Morgan fingerprint density at radius 3 is 2.67 bits per heavy atom. The van der Waals surface area contributed by atoms with E-state index in [-0.39, 0.29) is 11.9 Å². The Hall–Kier alpha value is -2.49. The van der Waals surface area contributed by atoms with Crippen molar-refractivity contribution in [1.29, 1.82) is 0 Å². The molecule has 0 spiro atoms. The van der Waals surface area contributed by atoms with E-state index in [0.29, 0.717) is 12.2 Å². The molecule has 1 amide bonds. The summed E-state index contributed by atoms with van der Waals surface area (Å²) in [5.41, 5.74) is 3.01. The van der Waals surface area contributed by atoms with Gasteiger partial charge in [0, 0.05) is 19.2 Å². The van der Waals surface area contributed by atoms with Crippen LogP contribution in [0.25, 0.3) is 0 Å². The summed E-state index contributed by atoms with van der Waals surface area (Å²) < 4.78 is 5.33. The largest absolute Gasteiger partial charge is 0.495 e. The quantitative estimate of drug-likeness (QED) is 0.941. The molecule has 0 aliphatic carbocycles. The van der Waals surface area contributed by atoms with Crippen LogP contribution in [0.15, 0.2) is 48.5 Å². The average Bonchev–Trinajstić information content (AvgIpc) is 2.97. The fourth-order valence-corrected chi connectivity index (χ4v) is 2.71. The van der Waals surface area contributed by atoms with Crippen LogP contribution in [-0.4, -0.2) is 26.1 Å². The first-order valence-electron chi connectivity index (χ1n) is 6.95. The van der Waals surface area contributed by atoms with E-state index in [1.165, 1.54) is 5.56 Å². The van der Waals surface area contributed by atoms with Crippen molar-refractivity contribution in [2.24, 2.45) is 0 Å². The number of anilines is 2. The fourth-order valence-electron chi connectivity index (χ4n) is 2.71. The minimum absolute atomic E-state index is 0.0377. The van der Waals surface area contributed by atoms with Gasteiger partial charge in [-0.1, -0.05) is 30.3 Å². The molecule has 108 valence electrons. The van der Waals surface area contributed by atoms with E-state index in [4.69, 9.17) is 4.74 Å². The highest BCUT2D eigenvalue weighted by Crippen LogP contribution is 2.30. The Balaban J connectivity index is 1.80. The molecule has 1 aliphatic rings. The molecule has 1 aliphatic heterocycles. The molecule has 3 rings (SSSR count). The van der Waals surface area contributed by atoms with Crippen LogP contribution < -0.4 is 15.0 Å². The van der Waals surface area contributed by atoms with Gasteiger partial charge in [-0.15, -0.1) is 0 Å². The smallest absolute Gasteiger partial charge is 0.249 e. The van der Waals surface area contributed by atoms with Crippen LogP contribution in [0.1, 0.15) is 5.56 Å². The predicted octanol–water partition coefficient (Wildman–Crippen LogP) is 2.69. The zero-order valence-electron chi connectivity index (χ0n) is 12.2. The Bertz CT molecular complexity index is 644. The molecule has 0 fully saturated rings. The lowest BCUT2D eigenvalue weighted by Gasteiger charge is -2.23. The second kappa shape index (κ2) is 5.48. The summed E-state index contributed by atoms with van der Waals surface area (Å²) in [4.78, 5) is 14.3. The Kier molecular flexibility index (Phi) is 3.52. The second-order valence-corrected chi connectivity index (χ2v) is 5.13. The average molecular weight is 282 g/mol. The van der Waals surface area contributed by atoms with Crippen molar-refractivity contribution in [3.63, 3.8) is 0 Å². The lowest BCUT2D eigenvalue weighted by molar-refractivity contribution is -0.118. The highest BCUT2D eigenvalue weighted by Gasteiger charge is 2.29. The third kappa shape index (κ3) is 2.44. The van der Waals surface area contributed by atoms with Crippen molar-refractivity contribution in [1.82, 2.24) is 0 Å². The maximum atomic E-state index is 12.7. The van der Waals surface area contributed by atoms with Gasteiger partial charge >= 0.3 is 0 Å². The zero-order chi connectivity index (χ0) is 14.8. The molecule has 1 N–H and O–H groups in total. The van der Waals surface area contributed by atoms with Gasteiger partial charge in [-0.3, -0.25) is 4.79 Å². The molecule has 0 saturated carbocycles. The summed E-state index contributed by atoms with van der Waals surface area (Å²) in [7, 11) is 3.39. The number of benzene rings is 2. The van der Waals surface area contributed by atoms with Crippen LogP contribution in [0, 0.1) is 0 Å². The van der Waals surface area contributed by atoms with Crippen molar-refractivity contribution < 1.29 is 9.53 Å². The molecule has 2 aromatic carbocycles. The lowest BCUT2D eigenvalue weighted by Crippen LogP contribution is -2.40. The third-order valence-electron chi connectivity index (χ3n) is 3.85. The van der Waals surface area contributed by atoms with Crippen LogP contribution in [0.4, 0.5) is 11.4 Å². The number of fused-ring (bicyclic) bond motifs is 1. The standard InChI is InChI=1S/C17H18N2O2/c1-19(15-9-5-6-10-16(15)21-2)17(20)14-11-12-7-3-4-8-13(12)18-14/h3-10,14,18H,11H2,1-2H3. The molecule has 0 radical (unpaired) electrons. The van der Waals surface area contributed by atoms with E-state index >= 15 is 0 Å². The number of nitrogens with zero attached hydrogens (tertiary/aromatic N) is 1. The number of likely N-dealkylation sites (N-methyl/N-ethyl adjacent to an activating group) is 1. The van der Waals surface area contributed by atoms with E-state index < -0.39 is 0 Å². The van der Waals surface area contributed by atoms with Crippen LogP contribution >= 0.6 is 0 Å². The van der Waals surface area contributed by atoms with Gasteiger partial charge in [0.15, 0.2) is 0 Å². The number of carbonyl (C=O) groups is 1. The molecule has 0 saturated heterocycles. The minimum atomic E-state index is -0.225. The number of nitrogens with one attached hydrogen (secondary N) is 1. The maximum Gasteiger partial charge on any atom is 0.249 e. The summed E-state index contributed by atoms with van der Waals surface area (Å²) >= 11 is 0. The predicted molar refractivity (Wildman–Crippen MR) is 84.0 cm³/mol. The van der Waals surface area contributed by atoms with Crippen LogP contribution in [0.2, 0.25) is 0 Å². The van der Waals surface area contributed by atoms with Gasteiger partial charge in [-0.2, -0.15) is 0 Å². The van der Waals surface area contributed by atoms with Crippen molar-refractivity contribution in [2.75, 3.05) is 24.4 Å². The number of hydrogen-bond donors (Lipinski definition) is 1. The molecule has 1 heterocycles. The van der Waals surface area contributed by atoms with E-state index in [0.717, 1.165) is 11.4 Å². The number of carbonyl (C=O) groups excluding carboxylic acids is 1. The SMILES string of the molecule is COc1ccccc1N(C)C(=O)C1Cc2ccccc2N1. The van der Waals surface area contributed by atoms with Gasteiger partial charge in [0.1, 0.15) is 11.8 Å². The summed E-state index contributed by atoms with van der Waals surface area (Å²) in [6.45, 7) is 0. The fraction of sp³-hybridized carbons (Fsp3) is 0.235. The first kappa shape index (κ1) is 13.5. The summed E-state index contributed by atoms with van der Waals surface area (Å²) in [6, 6.07) is 15.3. The van der Waals surface area contributed by atoms with Crippen molar-refractivity contribution in [3.05, 3.63) is 54.1 Å². The van der Waals surface area contributed by atoms with E-state index in [9.17, 15) is 4.79 Å². The van der Waals surface area contributed by atoms with E-state index in [1.54, 1.807) is 19.1 Å². The number of hydrogen-bond acceptors (Lipinski definition) is 3. The van der Waals surface area contributed by atoms with Gasteiger partial charge in [0.05, 0.1) is 12.8 Å². The number of amides is 1. The van der Waals surface area contributed by atoms with Gasteiger partial charge in [-0.25, -0.2) is 0 Å². The normalized spacial score (nSPS) is 16.0. The monoisotopic (exact) mass is 282 g/mol. The second-order valence-electron chi connectivity index (χ2n) is 5.13. The van der Waals surface area contributed by atoms with Crippen LogP contribution in [0.5, 0.6) is 5.75 Å². The molecule has 0 aromatic heterocycles. The van der Waals surface area contributed by atoms with Gasteiger partial charge in [0.2, 0.25) is 5.91 Å². The Labute approximate surface area is 124 Å². The molecule has 4 nitrogen and oxygen atoms in total. The van der Waals surface area contributed by atoms with Crippen LogP contribution in [-0.2, 0) is 11.2 Å².